The zero-order valence-electron chi connectivity index (χ0n) is 25.3. The average Bonchev–Trinajstić information content (AvgIpc) is 3.18. The lowest BCUT2D eigenvalue weighted by molar-refractivity contribution is -0.170. The predicted molar refractivity (Wildman–Crippen MR) is 163 cm³/mol. The summed E-state index contributed by atoms with van der Waals surface area (Å²) in [7, 11) is -2.06. The van der Waals surface area contributed by atoms with Crippen molar-refractivity contribution in [3.05, 3.63) is 108 Å². The summed E-state index contributed by atoms with van der Waals surface area (Å²) in [4.78, 5) is 0. The predicted octanol–water partition coefficient (Wildman–Crippen LogP) is 7.29. The van der Waals surface area contributed by atoms with Crippen LogP contribution in [0.1, 0.15) is 58.2 Å². The first-order valence-electron chi connectivity index (χ1n) is 14.2. The van der Waals surface area contributed by atoms with Crippen molar-refractivity contribution in [1.29, 1.82) is 0 Å². The highest BCUT2D eigenvalue weighted by Crippen LogP contribution is 2.44. The van der Waals surface area contributed by atoms with Crippen molar-refractivity contribution in [2.24, 2.45) is 0 Å². The first-order chi connectivity index (χ1) is 18.7. The molecule has 40 heavy (non-hydrogen) atoms. The van der Waals surface area contributed by atoms with E-state index in [1.165, 1.54) is 0 Å². The normalized spacial score (nSPS) is 22.3. The van der Waals surface area contributed by atoms with Crippen LogP contribution in [0.25, 0.3) is 0 Å². The zero-order chi connectivity index (χ0) is 29.2. The van der Waals surface area contributed by atoms with Gasteiger partial charge in [-0.15, -0.1) is 0 Å². The van der Waals surface area contributed by atoms with E-state index in [0.717, 1.165) is 16.7 Å². The topological polar surface area (TPSA) is 57.2 Å². The van der Waals surface area contributed by atoms with Gasteiger partial charge in [-0.2, -0.15) is 0 Å². The van der Waals surface area contributed by atoms with Crippen LogP contribution in [0, 0.1) is 0 Å². The van der Waals surface area contributed by atoms with Gasteiger partial charge >= 0.3 is 0 Å². The Hall–Kier alpha value is -2.32. The van der Waals surface area contributed by atoms with Gasteiger partial charge in [0.2, 0.25) is 0 Å². The quantitative estimate of drug-likeness (QED) is 0.208. The van der Waals surface area contributed by atoms with Gasteiger partial charge in [0, 0.05) is 0 Å². The van der Waals surface area contributed by atoms with Gasteiger partial charge in [0.05, 0.1) is 13.2 Å². The van der Waals surface area contributed by atoms with E-state index >= 15 is 0 Å². The summed E-state index contributed by atoms with van der Waals surface area (Å²) >= 11 is 0. The van der Waals surface area contributed by atoms with E-state index in [9.17, 15) is 5.11 Å². The zero-order valence-corrected chi connectivity index (χ0v) is 26.3. The molecule has 1 heterocycles. The first-order valence-corrected chi connectivity index (χ1v) is 17.1. The van der Waals surface area contributed by atoms with Gasteiger partial charge in [-0.25, -0.2) is 0 Å². The SMILES string of the molecule is CC1(C)O[C@H]([C@H](O)COC(c2ccccc2)(c2ccccc2)c2ccccc2)[C@](C)(CO[Si](C)(C)C(C)(C)C)O1. The molecule has 216 valence electrons. The van der Waals surface area contributed by atoms with Crippen LogP contribution in [-0.2, 0) is 24.2 Å². The maximum atomic E-state index is 11.7. The molecule has 3 aromatic rings. The number of hydrogen-bond acceptors (Lipinski definition) is 5. The molecule has 0 spiro atoms. The molecule has 1 aliphatic heterocycles. The Morgan fingerprint density at radius 2 is 1.23 bits per heavy atom. The Labute approximate surface area is 241 Å². The third-order valence-electron chi connectivity index (χ3n) is 8.38. The van der Waals surface area contributed by atoms with E-state index < -0.39 is 37.5 Å². The van der Waals surface area contributed by atoms with Gasteiger partial charge in [-0.1, -0.05) is 112 Å². The summed E-state index contributed by atoms with van der Waals surface area (Å²) in [5.41, 5.74) is 1.15. The fraction of sp³-hybridized carbons (Fsp3) is 0.471. The lowest BCUT2D eigenvalue weighted by Crippen LogP contribution is -2.53. The highest BCUT2D eigenvalue weighted by atomic mass is 28.4. The number of hydrogen-bond donors (Lipinski definition) is 1. The van der Waals surface area contributed by atoms with E-state index in [1.54, 1.807) is 0 Å². The summed E-state index contributed by atoms with van der Waals surface area (Å²) in [5.74, 6) is -0.868. The highest BCUT2D eigenvalue weighted by molar-refractivity contribution is 6.74. The van der Waals surface area contributed by atoms with E-state index in [2.05, 4.69) is 70.3 Å². The molecular formula is C34H46O5Si. The molecule has 3 aromatic carbocycles. The van der Waals surface area contributed by atoms with E-state index in [-0.39, 0.29) is 11.6 Å². The fourth-order valence-corrected chi connectivity index (χ4v) is 6.36. The molecule has 0 aromatic heterocycles. The van der Waals surface area contributed by atoms with Crippen LogP contribution in [0.5, 0.6) is 0 Å². The third-order valence-corrected chi connectivity index (χ3v) is 12.9. The van der Waals surface area contributed by atoms with Crippen molar-refractivity contribution in [3.8, 4) is 0 Å². The van der Waals surface area contributed by atoms with E-state index in [0.29, 0.717) is 6.61 Å². The number of rotatable bonds is 10. The molecule has 0 bridgehead atoms. The molecule has 1 fully saturated rings. The molecule has 0 aliphatic carbocycles. The minimum Gasteiger partial charge on any atom is -0.414 e. The van der Waals surface area contributed by atoms with Gasteiger partial charge in [0.1, 0.15) is 23.4 Å². The van der Waals surface area contributed by atoms with Crippen LogP contribution in [0.15, 0.2) is 91.0 Å². The average molecular weight is 563 g/mol. The second kappa shape index (κ2) is 11.5. The van der Waals surface area contributed by atoms with Gasteiger partial charge in [0.15, 0.2) is 14.1 Å². The Kier molecular flexibility index (Phi) is 8.82. The molecule has 1 saturated heterocycles. The van der Waals surface area contributed by atoms with Crippen molar-refractivity contribution in [2.45, 2.75) is 88.9 Å². The van der Waals surface area contributed by atoms with Crippen LogP contribution in [0.4, 0.5) is 0 Å². The Bertz CT molecular complexity index is 1130. The van der Waals surface area contributed by atoms with Crippen molar-refractivity contribution >= 4 is 8.32 Å². The van der Waals surface area contributed by atoms with Crippen LogP contribution in [0.3, 0.4) is 0 Å². The van der Waals surface area contributed by atoms with Crippen molar-refractivity contribution in [1.82, 2.24) is 0 Å². The van der Waals surface area contributed by atoms with Gasteiger partial charge < -0.3 is 23.7 Å². The Balaban J connectivity index is 1.68. The van der Waals surface area contributed by atoms with Crippen LogP contribution in [0.2, 0.25) is 18.1 Å². The van der Waals surface area contributed by atoms with Crippen LogP contribution >= 0.6 is 0 Å². The third kappa shape index (κ3) is 6.28. The number of aliphatic hydroxyl groups is 1. The molecule has 3 atom stereocenters. The van der Waals surface area contributed by atoms with Crippen molar-refractivity contribution < 1.29 is 23.7 Å². The monoisotopic (exact) mass is 562 g/mol. The summed E-state index contributed by atoms with van der Waals surface area (Å²) in [6.45, 7) is 17.2. The smallest absolute Gasteiger partial charge is 0.192 e. The maximum absolute atomic E-state index is 11.7. The van der Waals surface area contributed by atoms with Gasteiger partial charge in [-0.3, -0.25) is 0 Å². The summed E-state index contributed by atoms with van der Waals surface area (Å²) in [6, 6.07) is 30.5. The summed E-state index contributed by atoms with van der Waals surface area (Å²) in [5, 5.41) is 11.8. The highest BCUT2D eigenvalue weighted by Gasteiger charge is 2.55. The van der Waals surface area contributed by atoms with Crippen molar-refractivity contribution in [3.63, 3.8) is 0 Å². The molecule has 4 rings (SSSR count). The van der Waals surface area contributed by atoms with E-state index in [1.807, 2.05) is 75.4 Å². The fourth-order valence-electron chi connectivity index (χ4n) is 5.28. The second-order valence-corrected chi connectivity index (χ2v) is 17.9. The lowest BCUT2D eigenvalue weighted by Gasteiger charge is -2.41. The Morgan fingerprint density at radius 3 is 1.62 bits per heavy atom. The molecule has 1 aliphatic rings. The molecule has 5 nitrogen and oxygen atoms in total. The van der Waals surface area contributed by atoms with Gasteiger partial charge in [0.25, 0.3) is 0 Å². The number of aliphatic hydroxyl groups excluding tert-OH is 1. The molecular weight excluding hydrogens is 516 g/mol. The van der Waals surface area contributed by atoms with Crippen molar-refractivity contribution in [2.75, 3.05) is 13.2 Å². The molecule has 0 unspecified atom stereocenters. The summed E-state index contributed by atoms with van der Waals surface area (Å²) < 4.78 is 26.3. The van der Waals surface area contributed by atoms with Gasteiger partial charge in [-0.05, 0) is 55.6 Å². The van der Waals surface area contributed by atoms with Crippen LogP contribution < -0.4 is 0 Å². The second-order valence-electron chi connectivity index (χ2n) is 13.1. The molecule has 6 heteroatoms. The maximum Gasteiger partial charge on any atom is 0.192 e. The molecule has 1 N–H and O–H groups in total. The number of ether oxygens (including phenoxy) is 3. The molecule has 0 radical (unpaired) electrons. The summed E-state index contributed by atoms with van der Waals surface area (Å²) in [6.07, 6.45) is -1.61. The molecule has 0 saturated carbocycles. The minimum atomic E-state index is -2.06. The molecule has 0 amide bonds. The lowest BCUT2D eigenvalue weighted by atomic mass is 9.80. The largest absolute Gasteiger partial charge is 0.414 e. The first kappa shape index (κ1) is 30.6. The van der Waals surface area contributed by atoms with Crippen LogP contribution in [-0.4, -0.2) is 50.2 Å². The Morgan fingerprint density at radius 1 is 0.800 bits per heavy atom. The van der Waals surface area contributed by atoms with E-state index in [4.69, 9.17) is 18.6 Å². The number of benzene rings is 3. The standard InChI is InChI=1S/C34H46O5Si/c1-31(2,3)40(7,8)37-25-33(6)30(38-32(4,5)39-33)29(35)24-36-34(26-18-12-9-13-19-26,27-20-14-10-15-21-27)28-22-16-11-17-23-28/h9-23,29-30,35H,24-25H2,1-8H3/t29-,30-,33+/m1/s1. The minimum absolute atomic E-state index is 0.0263.